The quantitative estimate of drug-likeness (QED) is 0.268. The number of aromatic amines is 2. The van der Waals surface area contributed by atoms with Crippen molar-refractivity contribution in [1.29, 1.82) is 0 Å². The minimum absolute atomic E-state index is 0.0643. The van der Waals surface area contributed by atoms with E-state index >= 15 is 0 Å². The molecule has 0 fully saturated rings. The van der Waals surface area contributed by atoms with Crippen molar-refractivity contribution in [3.63, 3.8) is 0 Å². The predicted molar refractivity (Wildman–Crippen MR) is 74.4 cm³/mol. The molecule has 4 N–H and O–H groups in total. The maximum Gasteiger partial charge on any atom is 0.314 e. The summed E-state index contributed by atoms with van der Waals surface area (Å²) in [4.78, 5) is 46.6. The molecule has 1 aromatic heterocycles. The molecule has 11 heteroatoms. The number of hydrogen-bond acceptors (Lipinski definition) is 5. The molecule has 0 aliphatic heterocycles. The van der Waals surface area contributed by atoms with Crippen LogP contribution in [0, 0.1) is 10.1 Å². The zero-order valence-corrected chi connectivity index (χ0v) is 11.6. The molecule has 21 heavy (non-hydrogen) atoms. The van der Waals surface area contributed by atoms with Crippen molar-refractivity contribution >= 4 is 24.2 Å². The van der Waals surface area contributed by atoms with Crippen molar-refractivity contribution in [2.75, 3.05) is 6.66 Å². The Balaban J connectivity index is 2.67. The third-order valence-electron chi connectivity index (χ3n) is 2.67. The smallest absolute Gasteiger partial charge is 0.314 e. The molecular weight excluding hydrogens is 303 g/mol. The predicted octanol–water partition coefficient (Wildman–Crippen LogP) is 0.0294. The van der Waals surface area contributed by atoms with Crippen LogP contribution in [0.4, 0.5) is 5.69 Å². The molecule has 0 spiro atoms. The van der Waals surface area contributed by atoms with Crippen molar-refractivity contribution in [3.05, 3.63) is 48.5 Å². The molecule has 0 saturated carbocycles. The standard InChI is InChI=1S/C10H11N4O6P/c1-21(19,20)11-4-5-2-6(14(17)18)3-7-8(5)13-10(16)9(15)12-7/h2-3H,4H2,1H3,(H,12,15)(H,13,16)(H2,11,19,20). The van der Waals surface area contributed by atoms with Crippen molar-refractivity contribution < 1.29 is 14.4 Å². The molecule has 1 aromatic carbocycles. The fourth-order valence-corrected chi connectivity index (χ4v) is 2.22. The van der Waals surface area contributed by atoms with E-state index in [0.717, 1.165) is 18.8 Å². The lowest BCUT2D eigenvalue weighted by molar-refractivity contribution is -0.384. The van der Waals surface area contributed by atoms with E-state index in [4.69, 9.17) is 0 Å². The second kappa shape index (κ2) is 5.24. The van der Waals surface area contributed by atoms with Crippen LogP contribution in [0.1, 0.15) is 5.56 Å². The van der Waals surface area contributed by atoms with Gasteiger partial charge < -0.3 is 14.9 Å². The Morgan fingerprint density at radius 1 is 1.33 bits per heavy atom. The molecule has 0 saturated heterocycles. The van der Waals surface area contributed by atoms with Crippen molar-refractivity contribution in [2.45, 2.75) is 6.54 Å². The Labute approximate surface area is 116 Å². The molecule has 0 radical (unpaired) electrons. The maximum atomic E-state index is 11.3. The summed E-state index contributed by atoms with van der Waals surface area (Å²) in [6.07, 6.45) is 0. The zero-order valence-electron chi connectivity index (χ0n) is 10.7. The summed E-state index contributed by atoms with van der Waals surface area (Å²) in [6, 6.07) is 2.25. The molecular formula is C10H11N4O6P. The summed E-state index contributed by atoms with van der Waals surface area (Å²) in [6.45, 7) is 0.877. The third-order valence-corrected chi connectivity index (χ3v) is 3.42. The summed E-state index contributed by atoms with van der Waals surface area (Å²) in [5.74, 6) is 0. The Kier molecular flexibility index (Phi) is 3.77. The molecule has 0 bridgehead atoms. The Hall–Kier alpha value is -2.29. The zero-order chi connectivity index (χ0) is 15.8. The van der Waals surface area contributed by atoms with E-state index < -0.39 is 23.6 Å². The number of H-pyrrole nitrogens is 2. The fraction of sp³-hybridized carbons (Fsp3) is 0.200. The summed E-state index contributed by atoms with van der Waals surface area (Å²) in [5.41, 5.74) is -1.73. The van der Waals surface area contributed by atoms with E-state index in [1.807, 2.05) is 0 Å². The van der Waals surface area contributed by atoms with E-state index in [9.17, 15) is 29.2 Å². The number of fused-ring (bicyclic) bond motifs is 1. The SMILES string of the molecule is CP(=O)(O)NCc1cc([N+](=O)[O-])cc2[nH]c(=O)c(=O)[nH]c12. The molecule has 2 aromatic rings. The average Bonchev–Trinajstić information content (AvgIpc) is 2.36. The molecule has 10 nitrogen and oxygen atoms in total. The van der Waals surface area contributed by atoms with Gasteiger partial charge in [-0.1, -0.05) is 0 Å². The molecule has 0 aliphatic rings. The highest BCUT2D eigenvalue weighted by atomic mass is 31.2. The third kappa shape index (κ3) is 3.43. The number of rotatable bonds is 4. The number of hydrogen-bond donors (Lipinski definition) is 4. The van der Waals surface area contributed by atoms with Crippen LogP contribution in [0.15, 0.2) is 21.7 Å². The molecule has 1 atom stereocenters. The fourth-order valence-electron chi connectivity index (χ4n) is 1.76. The number of nitrogens with zero attached hydrogens (tertiary/aromatic N) is 1. The number of nitro groups is 1. The molecule has 112 valence electrons. The van der Waals surface area contributed by atoms with Crippen LogP contribution in [0.2, 0.25) is 0 Å². The summed E-state index contributed by atoms with van der Waals surface area (Å²) in [5, 5.41) is 13.2. The van der Waals surface area contributed by atoms with Gasteiger partial charge in [-0.15, -0.1) is 0 Å². The van der Waals surface area contributed by atoms with Gasteiger partial charge in [0.2, 0.25) is 0 Å². The summed E-state index contributed by atoms with van der Waals surface area (Å²) < 4.78 is 11.2. The van der Waals surface area contributed by atoms with Gasteiger partial charge in [-0.3, -0.25) is 24.3 Å². The highest BCUT2D eigenvalue weighted by Gasteiger charge is 2.16. The molecule has 2 rings (SSSR count). The second-order valence-corrected chi connectivity index (χ2v) is 6.48. The highest BCUT2D eigenvalue weighted by molar-refractivity contribution is 7.54. The van der Waals surface area contributed by atoms with Gasteiger partial charge in [0.1, 0.15) is 0 Å². The average molecular weight is 314 g/mol. The van der Waals surface area contributed by atoms with E-state index in [-0.39, 0.29) is 28.8 Å². The number of nitrogens with one attached hydrogen (secondary N) is 3. The van der Waals surface area contributed by atoms with Crippen LogP contribution < -0.4 is 16.2 Å². The summed E-state index contributed by atoms with van der Waals surface area (Å²) >= 11 is 0. The van der Waals surface area contributed by atoms with Crippen molar-refractivity contribution in [3.8, 4) is 0 Å². The maximum absolute atomic E-state index is 11.3. The van der Waals surface area contributed by atoms with E-state index in [0.29, 0.717) is 0 Å². The van der Waals surface area contributed by atoms with Gasteiger partial charge >= 0.3 is 11.1 Å². The lowest BCUT2D eigenvalue weighted by atomic mass is 10.1. The first-order chi connectivity index (χ1) is 9.67. The lowest BCUT2D eigenvalue weighted by Crippen LogP contribution is -2.29. The van der Waals surface area contributed by atoms with Gasteiger partial charge in [0.05, 0.1) is 16.0 Å². The number of nitro benzene ring substituents is 1. The van der Waals surface area contributed by atoms with Crippen LogP contribution in [0.3, 0.4) is 0 Å². The van der Waals surface area contributed by atoms with Crippen molar-refractivity contribution in [2.24, 2.45) is 0 Å². The molecule has 0 aliphatic carbocycles. The topological polar surface area (TPSA) is 158 Å². The van der Waals surface area contributed by atoms with Gasteiger partial charge in [-0.25, -0.2) is 5.09 Å². The highest BCUT2D eigenvalue weighted by Crippen LogP contribution is 2.30. The summed E-state index contributed by atoms with van der Waals surface area (Å²) in [7, 11) is -3.55. The van der Waals surface area contributed by atoms with Gasteiger partial charge in [0.25, 0.3) is 13.2 Å². The largest absolute Gasteiger partial charge is 0.333 e. The van der Waals surface area contributed by atoms with Crippen molar-refractivity contribution in [1.82, 2.24) is 15.1 Å². The monoisotopic (exact) mass is 314 g/mol. The van der Waals surface area contributed by atoms with Gasteiger partial charge in [-0.2, -0.15) is 0 Å². The number of benzene rings is 1. The minimum Gasteiger partial charge on any atom is -0.333 e. The van der Waals surface area contributed by atoms with Gasteiger partial charge in [0.15, 0.2) is 0 Å². The lowest BCUT2D eigenvalue weighted by Gasteiger charge is -2.10. The van der Waals surface area contributed by atoms with Gasteiger partial charge in [-0.05, 0) is 5.56 Å². The van der Waals surface area contributed by atoms with E-state index in [1.165, 1.54) is 0 Å². The van der Waals surface area contributed by atoms with E-state index in [2.05, 4.69) is 15.1 Å². The minimum atomic E-state index is -3.55. The second-order valence-electron chi connectivity index (χ2n) is 4.41. The number of aromatic nitrogens is 2. The van der Waals surface area contributed by atoms with Gasteiger partial charge in [0, 0.05) is 25.3 Å². The molecule has 1 heterocycles. The Bertz CT molecular complexity index is 879. The molecule has 1 unspecified atom stereocenters. The Morgan fingerprint density at radius 2 is 1.95 bits per heavy atom. The van der Waals surface area contributed by atoms with Crippen LogP contribution in [-0.2, 0) is 11.1 Å². The first-order valence-electron chi connectivity index (χ1n) is 5.66. The first-order valence-corrected chi connectivity index (χ1v) is 7.77. The molecule has 0 amide bonds. The van der Waals surface area contributed by atoms with Crippen LogP contribution in [0.5, 0.6) is 0 Å². The van der Waals surface area contributed by atoms with Crippen LogP contribution in [-0.4, -0.2) is 26.4 Å². The van der Waals surface area contributed by atoms with Crippen LogP contribution in [0.25, 0.3) is 11.0 Å². The number of non-ortho nitro benzene ring substituents is 1. The van der Waals surface area contributed by atoms with E-state index in [1.54, 1.807) is 0 Å². The first kappa shape index (κ1) is 15.1. The van der Waals surface area contributed by atoms with Crippen LogP contribution >= 0.6 is 7.52 Å². The Morgan fingerprint density at radius 3 is 2.52 bits per heavy atom. The normalized spacial score (nSPS) is 14.0.